The highest BCUT2D eigenvalue weighted by atomic mass is 32.3. The number of fused-ring (bicyclic) bond motifs is 1. The lowest BCUT2D eigenvalue weighted by Crippen LogP contribution is -2.43. The molecule has 0 aliphatic carbocycles. The second-order valence-corrected chi connectivity index (χ2v) is 8.15. The lowest BCUT2D eigenvalue weighted by atomic mass is 10.1. The number of benzene rings is 2. The molecular formula is C18H24N2O3S. The van der Waals surface area contributed by atoms with Crippen molar-refractivity contribution in [2.45, 2.75) is 25.7 Å². The normalized spacial score (nSPS) is 21.5. The van der Waals surface area contributed by atoms with Gasteiger partial charge in [0.25, 0.3) is 0 Å². The number of ether oxygens (including phenoxy) is 1. The minimum Gasteiger partial charge on any atom is -0.466 e. The lowest BCUT2D eigenvalue weighted by molar-refractivity contribution is 0.189. The predicted molar refractivity (Wildman–Crippen MR) is 99.9 cm³/mol. The molecule has 2 aromatic carbocycles. The van der Waals surface area contributed by atoms with E-state index in [0.717, 1.165) is 11.3 Å². The van der Waals surface area contributed by atoms with E-state index in [0.29, 0.717) is 24.4 Å². The number of hydrogen-bond acceptors (Lipinski definition) is 5. The highest BCUT2D eigenvalue weighted by Crippen LogP contribution is 2.62. The molecule has 0 saturated carbocycles. The fraction of sp³-hybridized carbons (Fsp3) is 0.333. The summed E-state index contributed by atoms with van der Waals surface area (Å²) in [7, 11) is -3.21. The molecule has 1 heterocycles. The van der Waals surface area contributed by atoms with Gasteiger partial charge in [-0.25, -0.2) is 4.31 Å². The molecule has 5 nitrogen and oxygen atoms in total. The standard InChI is InChI=1S/C18H24N2O3S/c1-13-7-9-15(10-8-13)20-16-5-3-4-6-17(16)23-18(24(20,21)22)14(2)11-12-19/h3-10,14,18,21-22H,11-12,19H2,1-2H3. The summed E-state index contributed by atoms with van der Waals surface area (Å²) in [5, 5.41) is 0. The molecule has 0 fully saturated rings. The molecule has 6 heteroatoms. The molecule has 0 radical (unpaired) electrons. The van der Waals surface area contributed by atoms with E-state index >= 15 is 0 Å². The lowest BCUT2D eigenvalue weighted by Gasteiger charge is -2.53. The Bertz CT molecular complexity index is 706. The summed E-state index contributed by atoms with van der Waals surface area (Å²) in [5.74, 6) is 0.569. The van der Waals surface area contributed by atoms with Crippen molar-refractivity contribution < 1.29 is 13.8 Å². The van der Waals surface area contributed by atoms with Crippen molar-refractivity contribution in [2.75, 3.05) is 10.8 Å². The van der Waals surface area contributed by atoms with Crippen molar-refractivity contribution in [1.82, 2.24) is 0 Å². The van der Waals surface area contributed by atoms with Crippen LogP contribution in [0.15, 0.2) is 48.5 Å². The van der Waals surface area contributed by atoms with Crippen molar-refractivity contribution in [1.29, 1.82) is 0 Å². The van der Waals surface area contributed by atoms with Crippen molar-refractivity contribution in [3.05, 3.63) is 54.1 Å². The summed E-state index contributed by atoms with van der Waals surface area (Å²) in [6, 6.07) is 15.2. The Morgan fingerprint density at radius 3 is 2.50 bits per heavy atom. The molecule has 1 aliphatic heterocycles. The summed E-state index contributed by atoms with van der Waals surface area (Å²) >= 11 is 0. The molecule has 3 rings (SSSR count). The summed E-state index contributed by atoms with van der Waals surface area (Å²) < 4.78 is 29.7. The van der Waals surface area contributed by atoms with Crippen LogP contribution < -0.4 is 14.8 Å². The van der Waals surface area contributed by atoms with Gasteiger partial charge >= 0.3 is 0 Å². The van der Waals surface area contributed by atoms with Crippen molar-refractivity contribution in [2.24, 2.45) is 11.7 Å². The van der Waals surface area contributed by atoms with Crippen molar-refractivity contribution >= 4 is 22.2 Å². The zero-order valence-electron chi connectivity index (χ0n) is 13.9. The van der Waals surface area contributed by atoms with Gasteiger partial charge in [0.2, 0.25) is 5.44 Å². The van der Waals surface area contributed by atoms with E-state index in [-0.39, 0.29) is 5.92 Å². The van der Waals surface area contributed by atoms with Gasteiger partial charge in [0.05, 0.1) is 5.69 Å². The summed E-state index contributed by atoms with van der Waals surface area (Å²) in [5.41, 5.74) is 7.45. The maximum absolute atomic E-state index is 11.1. The summed E-state index contributed by atoms with van der Waals surface area (Å²) in [4.78, 5) is 0. The van der Waals surface area contributed by atoms with Crippen LogP contribution in [-0.4, -0.2) is 21.1 Å². The second kappa shape index (κ2) is 6.64. The van der Waals surface area contributed by atoms with Crippen LogP contribution in [0.5, 0.6) is 5.75 Å². The van der Waals surface area contributed by atoms with Crippen molar-refractivity contribution in [3.63, 3.8) is 0 Å². The maximum Gasteiger partial charge on any atom is 0.209 e. The third-order valence-corrected chi connectivity index (χ3v) is 6.39. The smallest absolute Gasteiger partial charge is 0.209 e. The van der Waals surface area contributed by atoms with Crippen LogP contribution in [0.2, 0.25) is 0 Å². The average Bonchev–Trinajstić information content (AvgIpc) is 2.55. The number of anilines is 2. The van der Waals surface area contributed by atoms with E-state index in [1.165, 1.54) is 0 Å². The minimum absolute atomic E-state index is 0.0821. The summed E-state index contributed by atoms with van der Waals surface area (Å²) in [6.07, 6.45) is 0.657. The molecule has 2 aromatic rings. The molecule has 1 aliphatic rings. The fourth-order valence-electron chi connectivity index (χ4n) is 2.96. The highest BCUT2D eigenvalue weighted by Gasteiger charge is 2.43. The molecule has 0 saturated heterocycles. The van der Waals surface area contributed by atoms with Crippen LogP contribution in [-0.2, 0) is 0 Å². The molecule has 130 valence electrons. The Hall–Kier alpha value is -1.73. The van der Waals surface area contributed by atoms with Gasteiger partial charge in [-0.05, 0) is 44.2 Å². The van der Waals surface area contributed by atoms with E-state index < -0.39 is 16.2 Å². The van der Waals surface area contributed by atoms with Crippen molar-refractivity contribution in [3.8, 4) is 5.75 Å². The number of nitrogens with two attached hydrogens (primary N) is 1. The SMILES string of the molecule is Cc1ccc(N2c3ccccc3OC(C(C)CCN)S2(O)O)cc1. The quantitative estimate of drug-likeness (QED) is 0.758. The first-order valence-electron chi connectivity index (χ1n) is 8.05. The number of hydrogen-bond donors (Lipinski definition) is 3. The van der Waals surface area contributed by atoms with Gasteiger partial charge < -0.3 is 10.5 Å². The monoisotopic (exact) mass is 348 g/mol. The molecule has 0 bridgehead atoms. The second-order valence-electron chi connectivity index (χ2n) is 6.20. The molecule has 24 heavy (non-hydrogen) atoms. The Balaban J connectivity index is 2.11. The van der Waals surface area contributed by atoms with Crippen LogP contribution in [0.1, 0.15) is 18.9 Å². The van der Waals surface area contributed by atoms with Gasteiger partial charge in [-0.3, -0.25) is 9.11 Å². The number of para-hydroxylation sites is 2. The van der Waals surface area contributed by atoms with Crippen LogP contribution in [0.25, 0.3) is 0 Å². The molecule has 4 N–H and O–H groups in total. The maximum atomic E-state index is 11.1. The Kier molecular flexibility index (Phi) is 4.73. The molecular weight excluding hydrogens is 324 g/mol. The first-order chi connectivity index (χ1) is 11.4. The number of rotatable bonds is 4. The zero-order chi connectivity index (χ0) is 17.3. The Morgan fingerprint density at radius 2 is 1.83 bits per heavy atom. The predicted octanol–water partition coefficient (Wildman–Crippen LogP) is 4.50. The van der Waals surface area contributed by atoms with Gasteiger partial charge in [0.1, 0.15) is 11.4 Å². The minimum atomic E-state index is -3.21. The third-order valence-electron chi connectivity index (χ3n) is 4.26. The van der Waals surface area contributed by atoms with Gasteiger partial charge in [-0.1, -0.05) is 47.5 Å². The molecule has 2 atom stereocenters. The van der Waals surface area contributed by atoms with Crippen LogP contribution in [0.3, 0.4) is 0 Å². The van der Waals surface area contributed by atoms with E-state index in [9.17, 15) is 9.11 Å². The van der Waals surface area contributed by atoms with Crippen LogP contribution in [0, 0.1) is 12.8 Å². The van der Waals surface area contributed by atoms with E-state index in [2.05, 4.69) is 0 Å². The average molecular weight is 348 g/mol. The topological polar surface area (TPSA) is 79.0 Å². The Labute approximate surface area is 144 Å². The van der Waals surface area contributed by atoms with E-state index in [4.69, 9.17) is 10.5 Å². The first-order valence-corrected chi connectivity index (χ1v) is 9.61. The van der Waals surface area contributed by atoms with Gasteiger partial charge in [-0.15, -0.1) is 0 Å². The summed E-state index contributed by atoms with van der Waals surface area (Å²) in [6.45, 7) is 4.41. The van der Waals surface area contributed by atoms with Gasteiger partial charge in [0.15, 0.2) is 0 Å². The van der Waals surface area contributed by atoms with E-state index in [1.54, 1.807) is 4.31 Å². The molecule has 0 spiro atoms. The van der Waals surface area contributed by atoms with Gasteiger partial charge in [-0.2, -0.15) is 0 Å². The number of aryl methyl sites for hydroxylation is 1. The fourth-order valence-corrected chi connectivity index (χ4v) is 5.04. The van der Waals surface area contributed by atoms with Crippen LogP contribution >= 0.6 is 10.8 Å². The van der Waals surface area contributed by atoms with Crippen LogP contribution in [0.4, 0.5) is 11.4 Å². The first kappa shape index (κ1) is 17.1. The van der Waals surface area contributed by atoms with Gasteiger partial charge in [0, 0.05) is 5.92 Å². The molecule has 0 amide bonds. The Morgan fingerprint density at radius 1 is 1.17 bits per heavy atom. The zero-order valence-corrected chi connectivity index (χ0v) is 14.7. The highest BCUT2D eigenvalue weighted by molar-refractivity contribution is 8.26. The largest absolute Gasteiger partial charge is 0.466 e. The number of nitrogens with zero attached hydrogens (tertiary/aromatic N) is 1. The molecule has 0 aromatic heterocycles. The van der Waals surface area contributed by atoms with E-state index in [1.807, 2.05) is 62.4 Å². The third kappa shape index (κ3) is 2.98. The molecule has 2 unspecified atom stereocenters.